The number of nitrogens with zero attached hydrogens (tertiary/aromatic N) is 2. The Kier molecular flexibility index (Phi) is 4.58. The lowest BCUT2D eigenvalue weighted by Crippen LogP contribution is -2.55. The van der Waals surface area contributed by atoms with Gasteiger partial charge in [0.2, 0.25) is 5.91 Å². The van der Waals surface area contributed by atoms with Crippen molar-refractivity contribution in [1.82, 2.24) is 15.1 Å². The van der Waals surface area contributed by atoms with Crippen LogP contribution in [0.2, 0.25) is 0 Å². The van der Waals surface area contributed by atoms with Crippen molar-refractivity contribution in [3.8, 4) is 0 Å². The number of ether oxygens (including phenoxy) is 1. The molecular weight excluding hydrogens is 254 g/mol. The maximum atomic E-state index is 12.1. The normalized spacial score (nSPS) is 35.0. The van der Waals surface area contributed by atoms with Crippen LogP contribution < -0.4 is 5.32 Å². The van der Waals surface area contributed by atoms with E-state index >= 15 is 0 Å². The van der Waals surface area contributed by atoms with Gasteiger partial charge in [-0.1, -0.05) is 6.42 Å². The molecule has 0 aliphatic carbocycles. The fourth-order valence-electron chi connectivity index (χ4n) is 3.94. The van der Waals surface area contributed by atoms with Crippen molar-refractivity contribution in [2.45, 2.75) is 50.2 Å². The van der Waals surface area contributed by atoms with Gasteiger partial charge in [-0.2, -0.15) is 0 Å². The van der Waals surface area contributed by atoms with E-state index in [4.69, 9.17) is 4.74 Å². The Morgan fingerprint density at radius 1 is 1.20 bits per heavy atom. The standard InChI is InChI=1S/C15H27N3O2/c1-17-13-3-2-4-14(17)10-12(9-13)16-11-15(19)18-5-7-20-8-6-18/h12-14,16H,2-11H2,1H3. The van der Waals surface area contributed by atoms with Gasteiger partial charge in [0, 0.05) is 31.2 Å². The molecule has 0 saturated carbocycles. The Morgan fingerprint density at radius 2 is 1.85 bits per heavy atom. The fourth-order valence-corrected chi connectivity index (χ4v) is 3.94. The summed E-state index contributed by atoms with van der Waals surface area (Å²) in [4.78, 5) is 16.6. The molecule has 0 radical (unpaired) electrons. The average molecular weight is 281 g/mol. The summed E-state index contributed by atoms with van der Waals surface area (Å²) in [6, 6.07) is 1.96. The third kappa shape index (κ3) is 3.15. The largest absolute Gasteiger partial charge is 0.378 e. The predicted octanol–water partition coefficient (Wildman–Crippen LogP) is 0.450. The van der Waals surface area contributed by atoms with Gasteiger partial charge < -0.3 is 19.9 Å². The molecule has 0 aromatic carbocycles. The minimum atomic E-state index is 0.234. The van der Waals surface area contributed by atoms with Crippen molar-refractivity contribution < 1.29 is 9.53 Å². The van der Waals surface area contributed by atoms with Gasteiger partial charge in [0.25, 0.3) is 0 Å². The highest BCUT2D eigenvalue weighted by atomic mass is 16.5. The summed E-state index contributed by atoms with van der Waals surface area (Å²) in [5.41, 5.74) is 0. The van der Waals surface area contributed by atoms with Crippen LogP contribution in [0.25, 0.3) is 0 Å². The molecule has 20 heavy (non-hydrogen) atoms. The summed E-state index contributed by atoms with van der Waals surface area (Å²) in [6.07, 6.45) is 6.41. The summed E-state index contributed by atoms with van der Waals surface area (Å²) < 4.78 is 5.29. The number of hydrogen-bond acceptors (Lipinski definition) is 4. The summed E-state index contributed by atoms with van der Waals surface area (Å²) in [5.74, 6) is 0.234. The molecule has 2 atom stereocenters. The summed E-state index contributed by atoms with van der Waals surface area (Å²) in [5, 5.41) is 3.51. The van der Waals surface area contributed by atoms with Gasteiger partial charge in [0.05, 0.1) is 19.8 Å². The molecule has 0 aromatic heterocycles. The van der Waals surface area contributed by atoms with E-state index < -0.39 is 0 Å². The van der Waals surface area contributed by atoms with Gasteiger partial charge in [-0.15, -0.1) is 0 Å². The minimum absolute atomic E-state index is 0.234. The number of carbonyl (C=O) groups is 1. The zero-order valence-electron chi connectivity index (χ0n) is 12.5. The van der Waals surface area contributed by atoms with E-state index in [1.807, 2.05) is 4.90 Å². The molecule has 3 saturated heterocycles. The molecule has 1 N–H and O–H groups in total. The second-order valence-electron chi connectivity index (χ2n) is 6.45. The van der Waals surface area contributed by atoms with Crippen LogP contribution in [0.3, 0.4) is 0 Å². The van der Waals surface area contributed by atoms with E-state index in [0.717, 1.165) is 25.2 Å². The Balaban J connectivity index is 1.45. The number of hydrogen-bond donors (Lipinski definition) is 1. The van der Waals surface area contributed by atoms with Crippen LogP contribution >= 0.6 is 0 Å². The molecule has 114 valence electrons. The van der Waals surface area contributed by atoms with Gasteiger partial charge >= 0.3 is 0 Å². The Bertz CT molecular complexity index is 330. The molecule has 2 bridgehead atoms. The Labute approximate surface area is 121 Å². The number of amides is 1. The SMILES string of the molecule is CN1C2CCCC1CC(NCC(=O)N1CCOCC1)C2. The van der Waals surface area contributed by atoms with Gasteiger partial charge in [-0.3, -0.25) is 4.79 Å². The molecule has 3 aliphatic heterocycles. The molecule has 0 aromatic rings. The number of rotatable bonds is 3. The molecule has 1 amide bonds. The van der Waals surface area contributed by atoms with Crippen LogP contribution in [0.5, 0.6) is 0 Å². The first-order valence-corrected chi connectivity index (χ1v) is 8.05. The Hall–Kier alpha value is -0.650. The zero-order valence-corrected chi connectivity index (χ0v) is 12.5. The van der Waals surface area contributed by atoms with Crippen LogP contribution in [0, 0.1) is 0 Å². The first-order chi connectivity index (χ1) is 9.74. The third-order valence-electron chi connectivity index (χ3n) is 5.25. The number of piperidine rings is 2. The highest BCUT2D eigenvalue weighted by Gasteiger charge is 2.35. The zero-order chi connectivity index (χ0) is 13.9. The highest BCUT2D eigenvalue weighted by Crippen LogP contribution is 2.32. The minimum Gasteiger partial charge on any atom is -0.378 e. The van der Waals surface area contributed by atoms with Crippen LogP contribution in [0.15, 0.2) is 0 Å². The highest BCUT2D eigenvalue weighted by molar-refractivity contribution is 5.78. The van der Waals surface area contributed by atoms with E-state index in [2.05, 4.69) is 17.3 Å². The molecule has 3 heterocycles. The topological polar surface area (TPSA) is 44.8 Å². The lowest BCUT2D eigenvalue weighted by atomic mass is 9.82. The first kappa shape index (κ1) is 14.3. The molecule has 0 spiro atoms. The number of carbonyl (C=O) groups excluding carboxylic acids is 1. The van der Waals surface area contributed by atoms with E-state index in [-0.39, 0.29) is 5.91 Å². The van der Waals surface area contributed by atoms with Crippen molar-refractivity contribution in [2.75, 3.05) is 39.9 Å². The van der Waals surface area contributed by atoms with Gasteiger partial charge in [0.1, 0.15) is 0 Å². The maximum Gasteiger partial charge on any atom is 0.236 e. The fraction of sp³-hybridized carbons (Fsp3) is 0.933. The van der Waals surface area contributed by atoms with Crippen LogP contribution in [-0.2, 0) is 9.53 Å². The molecule has 2 unspecified atom stereocenters. The maximum absolute atomic E-state index is 12.1. The quantitative estimate of drug-likeness (QED) is 0.816. The van der Waals surface area contributed by atoms with Crippen LogP contribution in [-0.4, -0.2) is 73.7 Å². The van der Waals surface area contributed by atoms with Crippen molar-refractivity contribution in [3.63, 3.8) is 0 Å². The molecule has 3 rings (SSSR count). The molecule has 5 heteroatoms. The number of morpholine rings is 1. The third-order valence-corrected chi connectivity index (χ3v) is 5.25. The first-order valence-electron chi connectivity index (χ1n) is 8.05. The lowest BCUT2D eigenvalue weighted by Gasteiger charge is -2.47. The van der Waals surface area contributed by atoms with Crippen LogP contribution in [0.1, 0.15) is 32.1 Å². The second kappa shape index (κ2) is 6.41. The molecular formula is C15H27N3O2. The van der Waals surface area contributed by atoms with E-state index in [0.29, 0.717) is 25.8 Å². The van der Waals surface area contributed by atoms with Crippen molar-refractivity contribution in [2.24, 2.45) is 0 Å². The van der Waals surface area contributed by atoms with Gasteiger partial charge in [-0.25, -0.2) is 0 Å². The number of fused-ring (bicyclic) bond motifs is 2. The number of nitrogens with one attached hydrogen (secondary N) is 1. The van der Waals surface area contributed by atoms with Gasteiger partial charge in [0.15, 0.2) is 0 Å². The summed E-state index contributed by atoms with van der Waals surface area (Å²) >= 11 is 0. The molecule has 3 aliphatic rings. The van der Waals surface area contributed by atoms with Gasteiger partial charge in [-0.05, 0) is 32.7 Å². The van der Waals surface area contributed by atoms with Crippen molar-refractivity contribution in [3.05, 3.63) is 0 Å². The van der Waals surface area contributed by atoms with Crippen molar-refractivity contribution in [1.29, 1.82) is 0 Å². The Morgan fingerprint density at radius 3 is 2.50 bits per heavy atom. The molecule has 3 fully saturated rings. The monoisotopic (exact) mass is 281 g/mol. The van der Waals surface area contributed by atoms with E-state index in [9.17, 15) is 4.79 Å². The molecule has 5 nitrogen and oxygen atoms in total. The summed E-state index contributed by atoms with van der Waals surface area (Å²) in [7, 11) is 2.27. The van der Waals surface area contributed by atoms with Crippen LogP contribution in [0.4, 0.5) is 0 Å². The second-order valence-corrected chi connectivity index (χ2v) is 6.45. The predicted molar refractivity (Wildman–Crippen MR) is 77.6 cm³/mol. The average Bonchev–Trinajstić information content (AvgIpc) is 2.46. The van der Waals surface area contributed by atoms with E-state index in [1.165, 1.54) is 32.1 Å². The van der Waals surface area contributed by atoms with E-state index in [1.54, 1.807) is 0 Å². The summed E-state index contributed by atoms with van der Waals surface area (Å²) in [6.45, 7) is 3.36. The smallest absolute Gasteiger partial charge is 0.236 e. The van der Waals surface area contributed by atoms with Crippen molar-refractivity contribution >= 4 is 5.91 Å². The lowest BCUT2D eigenvalue weighted by molar-refractivity contribution is -0.134.